The van der Waals surface area contributed by atoms with E-state index >= 15 is 0 Å². The van der Waals surface area contributed by atoms with E-state index in [2.05, 4.69) is 5.32 Å². The molecule has 0 bridgehead atoms. The van der Waals surface area contributed by atoms with Crippen LogP contribution in [-0.2, 0) is 9.53 Å². The van der Waals surface area contributed by atoms with E-state index in [4.69, 9.17) is 4.74 Å². The highest BCUT2D eigenvalue weighted by Crippen LogP contribution is 2.35. The number of allylic oxidation sites excluding steroid dienone is 2. The van der Waals surface area contributed by atoms with Gasteiger partial charge in [-0.05, 0) is 30.3 Å². The zero-order valence-corrected chi connectivity index (χ0v) is 14.5. The quantitative estimate of drug-likeness (QED) is 0.907. The van der Waals surface area contributed by atoms with Crippen molar-refractivity contribution in [3.8, 4) is 0 Å². The molecule has 1 amide bonds. The predicted octanol–water partition coefficient (Wildman–Crippen LogP) is 3.71. The highest BCUT2D eigenvalue weighted by molar-refractivity contribution is 7.99. The summed E-state index contributed by atoms with van der Waals surface area (Å²) >= 11 is 1.39. The van der Waals surface area contributed by atoms with Crippen LogP contribution < -0.4 is 5.32 Å². The van der Waals surface area contributed by atoms with Crippen molar-refractivity contribution in [1.82, 2.24) is 0 Å². The molecule has 2 aromatic rings. The summed E-state index contributed by atoms with van der Waals surface area (Å²) in [5.41, 5.74) is 1.44. The van der Waals surface area contributed by atoms with Gasteiger partial charge in [-0.25, -0.2) is 0 Å². The molecule has 25 heavy (non-hydrogen) atoms. The van der Waals surface area contributed by atoms with Crippen LogP contribution in [0.3, 0.4) is 0 Å². The number of hydrogen-bond donors (Lipinski definition) is 1. The van der Waals surface area contributed by atoms with Crippen molar-refractivity contribution in [2.24, 2.45) is 0 Å². The van der Waals surface area contributed by atoms with Crippen LogP contribution in [0, 0.1) is 0 Å². The van der Waals surface area contributed by atoms with Crippen LogP contribution in [-0.4, -0.2) is 24.6 Å². The normalized spacial score (nSPS) is 13.1. The van der Waals surface area contributed by atoms with Gasteiger partial charge in [0.2, 0.25) is 11.7 Å². The highest BCUT2D eigenvalue weighted by Gasteiger charge is 2.28. The first-order valence-electron chi connectivity index (χ1n) is 7.53. The Balaban J connectivity index is 1.91. The fraction of sp³-hybridized carbons (Fsp3) is 0.105. The number of Topliss-reactive ketones (excluding diaryl/α,β-unsaturated/α-hetero) is 1. The number of ether oxygens (including phenoxy) is 1. The van der Waals surface area contributed by atoms with Gasteiger partial charge in [-0.3, -0.25) is 14.4 Å². The second kappa shape index (κ2) is 6.94. The number of hydrogen-bond acceptors (Lipinski definition) is 5. The lowest BCUT2D eigenvalue weighted by Gasteiger charge is -2.17. The Labute approximate surface area is 149 Å². The van der Waals surface area contributed by atoms with Crippen molar-refractivity contribution in [3.63, 3.8) is 0 Å². The number of fused-ring (bicyclic) bond motifs is 1. The van der Waals surface area contributed by atoms with E-state index in [0.717, 1.165) is 4.90 Å². The molecule has 0 atom stereocenters. The lowest BCUT2D eigenvalue weighted by Crippen LogP contribution is -2.18. The Bertz CT molecular complexity index is 900. The lowest BCUT2D eigenvalue weighted by atomic mass is 9.93. The second-order valence-electron chi connectivity index (χ2n) is 5.39. The molecule has 0 radical (unpaired) electrons. The Kier molecular flexibility index (Phi) is 4.72. The first-order chi connectivity index (χ1) is 12.0. The summed E-state index contributed by atoms with van der Waals surface area (Å²) < 4.78 is 4.98. The largest absolute Gasteiger partial charge is 0.492 e. The minimum Gasteiger partial charge on any atom is -0.492 e. The zero-order chi connectivity index (χ0) is 18.0. The Morgan fingerprint density at radius 2 is 1.80 bits per heavy atom. The van der Waals surface area contributed by atoms with E-state index < -0.39 is 0 Å². The summed E-state index contributed by atoms with van der Waals surface area (Å²) in [7, 11) is 1.37. The number of rotatable bonds is 4. The molecule has 1 aliphatic rings. The minimum absolute atomic E-state index is 0.0549. The van der Waals surface area contributed by atoms with E-state index in [9.17, 15) is 14.4 Å². The third-order valence-electron chi connectivity index (χ3n) is 3.63. The molecule has 2 aromatic carbocycles. The highest BCUT2D eigenvalue weighted by atomic mass is 32.2. The smallest absolute Gasteiger partial charge is 0.228 e. The molecule has 0 unspecified atom stereocenters. The summed E-state index contributed by atoms with van der Waals surface area (Å²) in [6.45, 7) is 1.45. The molecule has 126 valence electrons. The van der Waals surface area contributed by atoms with Crippen molar-refractivity contribution in [1.29, 1.82) is 0 Å². The summed E-state index contributed by atoms with van der Waals surface area (Å²) in [4.78, 5) is 37.4. The minimum atomic E-state index is -0.291. The van der Waals surface area contributed by atoms with Crippen LogP contribution in [0.2, 0.25) is 0 Å². The monoisotopic (exact) mass is 353 g/mol. The maximum absolute atomic E-state index is 12.4. The van der Waals surface area contributed by atoms with E-state index in [1.807, 2.05) is 18.2 Å². The summed E-state index contributed by atoms with van der Waals surface area (Å²) in [6, 6.07) is 12.5. The van der Waals surface area contributed by atoms with Crippen molar-refractivity contribution in [3.05, 3.63) is 65.4 Å². The zero-order valence-electron chi connectivity index (χ0n) is 13.7. The Morgan fingerprint density at radius 1 is 1.08 bits per heavy atom. The summed E-state index contributed by atoms with van der Waals surface area (Å²) in [6.07, 6.45) is 1.23. The SMILES string of the molecule is COC1=CC(=O)c2c(Sc3ccc(NC(C)=O)cc3)cccc2C1=O. The van der Waals surface area contributed by atoms with Gasteiger partial charge in [0.1, 0.15) is 0 Å². The molecule has 0 aromatic heterocycles. The fourth-order valence-electron chi connectivity index (χ4n) is 2.54. The van der Waals surface area contributed by atoms with E-state index in [1.165, 1.54) is 31.9 Å². The molecule has 1 N–H and O–H groups in total. The summed E-state index contributed by atoms with van der Waals surface area (Å²) in [5, 5.41) is 2.70. The maximum Gasteiger partial charge on any atom is 0.228 e. The van der Waals surface area contributed by atoms with E-state index in [-0.39, 0.29) is 23.2 Å². The van der Waals surface area contributed by atoms with Crippen molar-refractivity contribution >= 4 is 34.9 Å². The van der Waals surface area contributed by atoms with Gasteiger partial charge in [0.05, 0.1) is 7.11 Å². The molecule has 0 heterocycles. The van der Waals surface area contributed by atoms with Gasteiger partial charge in [-0.1, -0.05) is 23.9 Å². The van der Waals surface area contributed by atoms with Crippen molar-refractivity contribution in [2.45, 2.75) is 16.7 Å². The molecular weight excluding hydrogens is 338 g/mol. The standard InChI is InChI=1S/C19H15NO4S/c1-11(21)20-12-6-8-13(9-7-12)25-17-5-3-4-14-18(17)15(22)10-16(24-2)19(14)23/h3-10H,1-2H3,(H,20,21). The summed E-state index contributed by atoms with van der Waals surface area (Å²) in [5.74, 6) is -0.619. The first-order valence-corrected chi connectivity index (χ1v) is 8.34. The number of benzene rings is 2. The number of carbonyl (C=O) groups excluding carboxylic acids is 3. The molecule has 0 saturated carbocycles. The fourth-order valence-corrected chi connectivity index (χ4v) is 3.52. The third kappa shape index (κ3) is 3.49. The van der Waals surface area contributed by atoms with Gasteiger partial charge in [0.15, 0.2) is 11.5 Å². The van der Waals surface area contributed by atoms with Crippen LogP contribution in [0.1, 0.15) is 27.6 Å². The van der Waals surface area contributed by atoms with Gasteiger partial charge in [-0.15, -0.1) is 0 Å². The number of anilines is 1. The van der Waals surface area contributed by atoms with Crippen LogP contribution in [0.4, 0.5) is 5.69 Å². The van der Waals surface area contributed by atoms with Crippen LogP contribution in [0.25, 0.3) is 0 Å². The van der Waals surface area contributed by atoms with Crippen LogP contribution in [0.15, 0.2) is 64.1 Å². The number of ketones is 2. The van der Waals surface area contributed by atoms with Gasteiger partial charge in [-0.2, -0.15) is 0 Å². The average molecular weight is 353 g/mol. The van der Waals surface area contributed by atoms with Gasteiger partial charge in [0, 0.05) is 39.6 Å². The number of methoxy groups -OCH3 is 1. The molecular formula is C19H15NO4S. The molecule has 0 aliphatic heterocycles. The Hall–Kier alpha value is -2.86. The van der Waals surface area contributed by atoms with Gasteiger partial charge < -0.3 is 10.1 Å². The number of nitrogens with one attached hydrogen (secondary N) is 1. The third-order valence-corrected chi connectivity index (χ3v) is 4.69. The molecule has 5 nitrogen and oxygen atoms in total. The molecule has 6 heteroatoms. The molecule has 0 saturated heterocycles. The maximum atomic E-state index is 12.4. The molecule has 1 aliphatic carbocycles. The topological polar surface area (TPSA) is 72.5 Å². The van der Waals surface area contributed by atoms with E-state index in [1.54, 1.807) is 24.3 Å². The first kappa shape index (κ1) is 17.0. The van der Waals surface area contributed by atoms with Crippen LogP contribution >= 0.6 is 11.8 Å². The van der Waals surface area contributed by atoms with Crippen molar-refractivity contribution < 1.29 is 19.1 Å². The Morgan fingerprint density at radius 3 is 2.44 bits per heavy atom. The van der Waals surface area contributed by atoms with Gasteiger partial charge in [0.25, 0.3) is 0 Å². The van der Waals surface area contributed by atoms with Gasteiger partial charge >= 0.3 is 0 Å². The molecule has 0 fully saturated rings. The van der Waals surface area contributed by atoms with Crippen molar-refractivity contribution in [2.75, 3.05) is 12.4 Å². The molecule has 3 rings (SSSR count). The predicted molar refractivity (Wildman–Crippen MR) is 95.1 cm³/mol. The lowest BCUT2D eigenvalue weighted by molar-refractivity contribution is -0.114. The second-order valence-corrected chi connectivity index (χ2v) is 6.51. The molecule has 0 spiro atoms. The van der Waals surface area contributed by atoms with Crippen LogP contribution in [0.5, 0.6) is 0 Å². The average Bonchev–Trinajstić information content (AvgIpc) is 2.59. The number of amides is 1. The number of carbonyl (C=O) groups is 3. The van der Waals surface area contributed by atoms with E-state index in [0.29, 0.717) is 21.7 Å².